The van der Waals surface area contributed by atoms with Gasteiger partial charge in [0.15, 0.2) is 0 Å². The van der Waals surface area contributed by atoms with E-state index in [0.29, 0.717) is 15.8 Å². The number of phenolic OH excluding ortho intramolecular Hbond substituents is 1. The molecule has 1 aliphatic heterocycles. The molecule has 3 nitrogen and oxygen atoms in total. The average Bonchev–Trinajstić information content (AvgIpc) is 2.90. The lowest BCUT2D eigenvalue weighted by Gasteiger charge is -2.57. The minimum absolute atomic E-state index is 0.0311. The third-order valence-electron chi connectivity index (χ3n) is 7.29. The van der Waals surface area contributed by atoms with Crippen molar-refractivity contribution in [1.29, 1.82) is 0 Å². The molecule has 0 atom stereocenters. The third kappa shape index (κ3) is 3.02. The lowest BCUT2D eigenvalue weighted by molar-refractivity contribution is -0.122. The van der Waals surface area contributed by atoms with Gasteiger partial charge in [-0.15, -0.1) is 0 Å². The Hall–Kier alpha value is -1.33. The highest BCUT2D eigenvalue weighted by Crippen LogP contribution is 2.61. The number of amides is 1. The number of carbonyl (C=O) groups is 1. The van der Waals surface area contributed by atoms with Gasteiger partial charge in [0.25, 0.3) is 5.91 Å². The van der Waals surface area contributed by atoms with Gasteiger partial charge in [-0.2, -0.15) is 0 Å². The number of aromatic hydroxyl groups is 1. The molecule has 6 rings (SSSR count). The van der Waals surface area contributed by atoms with Gasteiger partial charge in [0, 0.05) is 12.1 Å². The monoisotopic (exact) mass is 413 g/mol. The van der Waals surface area contributed by atoms with Crippen LogP contribution < -0.4 is 0 Å². The predicted octanol–water partition coefficient (Wildman–Crippen LogP) is 5.47. The average molecular weight is 414 g/mol. The third-order valence-corrected chi connectivity index (χ3v) is 8.66. The van der Waals surface area contributed by atoms with Crippen molar-refractivity contribution in [3.8, 4) is 5.75 Å². The van der Waals surface area contributed by atoms with Crippen molar-refractivity contribution in [2.45, 2.75) is 57.3 Å². The zero-order valence-electron chi connectivity index (χ0n) is 16.3. The van der Waals surface area contributed by atoms with Gasteiger partial charge in [0.1, 0.15) is 10.1 Å². The van der Waals surface area contributed by atoms with E-state index in [1.165, 1.54) is 55.9 Å². The molecule has 1 saturated heterocycles. The summed E-state index contributed by atoms with van der Waals surface area (Å²) >= 11 is 6.73. The van der Waals surface area contributed by atoms with E-state index >= 15 is 0 Å². The molecule has 1 aromatic rings. The van der Waals surface area contributed by atoms with Crippen molar-refractivity contribution < 1.29 is 9.90 Å². The number of thioether (sulfide) groups is 1. The second kappa shape index (κ2) is 6.88. The van der Waals surface area contributed by atoms with Crippen LogP contribution in [0.3, 0.4) is 0 Å². The predicted molar refractivity (Wildman–Crippen MR) is 118 cm³/mol. The Morgan fingerprint density at radius 1 is 1.21 bits per heavy atom. The van der Waals surface area contributed by atoms with Crippen LogP contribution in [0.15, 0.2) is 23.1 Å². The molecule has 0 unspecified atom stereocenters. The van der Waals surface area contributed by atoms with Gasteiger partial charge < -0.3 is 5.11 Å². The van der Waals surface area contributed by atoms with Crippen LogP contribution in [0.4, 0.5) is 0 Å². The molecule has 1 heterocycles. The Morgan fingerprint density at radius 3 is 2.46 bits per heavy atom. The maximum Gasteiger partial charge on any atom is 0.266 e. The van der Waals surface area contributed by atoms with Gasteiger partial charge in [-0.3, -0.25) is 9.69 Å². The lowest BCUT2D eigenvalue weighted by Crippen LogP contribution is -2.48. The molecule has 0 radical (unpaired) electrons. The van der Waals surface area contributed by atoms with Crippen molar-refractivity contribution >= 4 is 40.3 Å². The summed E-state index contributed by atoms with van der Waals surface area (Å²) in [5.74, 6) is 2.86. The zero-order chi connectivity index (χ0) is 19.5. The van der Waals surface area contributed by atoms with E-state index in [1.807, 2.05) is 19.1 Å². The van der Waals surface area contributed by atoms with Crippen LogP contribution in [0.1, 0.15) is 63.0 Å². The second-order valence-corrected chi connectivity index (χ2v) is 11.0. The highest BCUT2D eigenvalue weighted by molar-refractivity contribution is 8.26. The van der Waals surface area contributed by atoms with Gasteiger partial charge in [0.05, 0.1) is 4.91 Å². The summed E-state index contributed by atoms with van der Waals surface area (Å²) in [5, 5.41) is 10.5. The van der Waals surface area contributed by atoms with Crippen LogP contribution in [-0.2, 0) is 10.2 Å². The highest BCUT2D eigenvalue weighted by atomic mass is 32.2. The van der Waals surface area contributed by atoms with E-state index in [-0.39, 0.29) is 17.1 Å². The Balaban J connectivity index is 1.48. The number of hydrogen-bond acceptors (Lipinski definition) is 4. The molecule has 1 N–H and O–H groups in total. The number of phenols is 1. The molecule has 5 heteroatoms. The topological polar surface area (TPSA) is 40.5 Å². The summed E-state index contributed by atoms with van der Waals surface area (Å²) in [6.07, 6.45) is 10.9. The number of thiocarbonyl (C=S) groups is 1. The number of hydrogen-bond donors (Lipinski definition) is 1. The SMILES string of the molecule is CCCN1C(=O)C(=Cc2cc(C34CC5CC(CC(C5)C3)C4)ccc2O)SC1=S. The summed E-state index contributed by atoms with van der Waals surface area (Å²) in [5.41, 5.74) is 2.40. The highest BCUT2D eigenvalue weighted by Gasteiger charge is 2.51. The molecule has 1 amide bonds. The van der Waals surface area contributed by atoms with Crippen molar-refractivity contribution in [1.82, 2.24) is 4.90 Å². The minimum Gasteiger partial charge on any atom is -0.507 e. The Morgan fingerprint density at radius 2 is 1.86 bits per heavy atom. The van der Waals surface area contributed by atoms with Gasteiger partial charge in [0.2, 0.25) is 0 Å². The van der Waals surface area contributed by atoms with E-state index in [9.17, 15) is 9.90 Å². The summed E-state index contributed by atoms with van der Waals surface area (Å²) in [4.78, 5) is 15.0. The van der Waals surface area contributed by atoms with Gasteiger partial charge in [-0.1, -0.05) is 37.0 Å². The Kier molecular flexibility index (Phi) is 4.59. The smallest absolute Gasteiger partial charge is 0.266 e. The first-order valence-corrected chi connectivity index (χ1v) is 11.8. The quantitative estimate of drug-likeness (QED) is 0.525. The molecular formula is C23H27NO2S2. The van der Waals surface area contributed by atoms with Crippen LogP contribution in [-0.4, -0.2) is 26.8 Å². The van der Waals surface area contributed by atoms with Crippen LogP contribution >= 0.6 is 24.0 Å². The van der Waals surface area contributed by atoms with Gasteiger partial charge in [-0.25, -0.2) is 0 Å². The molecule has 4 saturated carbocycles. The van der Waals surface area contributed by atoms with Gasteiger partial charge >= 0.3 is 0 Å². The van der Waals surface area contributed by atoms with E-state index in [1.54, 1.807) is 4.90 Å². The first kappa shape index (κ1) is 18.7. The number of rotatable bonds is 4. The van der Waals surface area contributed by atoms with E-state index in [2.05, 4.69) is 12.1 Å². The molecule has 1 aromatic carbocycles. The maximum atomic E-state index is 12.7. The summed E-state index contributed by atoms with van der Waals surface area (Å²) in [7, 11) is 0. The molecule has 5 fully saturated rings. The van der Waals surface area contributed by atoms with Crippen molar-refractivity contribution in [2.75, 3.05) is 6.54 Å². The van der Waals surface area contributed by atoms with E-state index in [0.717, 1.165) is 29.7 Å². The first-order valence-electron chi connectivity index (χ1n) is 10.6. The second-order valence-electron chi connectivity index (χ2n) is 9.30. The summed E-state index contributed by atoms with van der Waals surface area (Å²) < 4.78 is 0.620. The normalized spacial score (nSPS) is 35.4. The van der Waals surface area contributed by atoms with Crippen LogP contribution in [0.5, 0.6) is 5.75 Å². The minimum atomic E-state index is -0.0311. The lowest BCUT2D eigenvalue weighted by atomic mass is 9.48. The van der Waals surface area contributed by atoms with Crippen LogP contribution in [0, 0.1) is 17.8 Å². The molecule has 4 bridgehead atoms. The number of benzene rings is 1. The Bertz CT molecular complexity index is 840. The zero-order valence-corrected chi connectivity index (χ0v) is 18.0. The van der Waals surface area contributed by atoms with E-state index in [4.69, 9.17) is 12.2 Å². The van der Waals surface area contributed by atoms with E-state index < -0.39 is 0 Å². The molecule has 28 heavy (non-hydrogen) atoms. The van der Waals surface area contributed by atoms with Crippen LogP contribution in [0.2, 0.25) is 0 Å². The fraction of sp³-hybridized carbons (Fsp3) is 0.565. The molecule has 148 valence electrons. The maximum absolute atomic E-state index is 12.7. The number of nitrogens with zero attached hydrogens (tertiary/aromatic N) is 1. The molecule has 0 aromatic heterocycles. The first-order chi connectivity index (χ1) is 13.5. The fourth-order valence-corrected chi connectivity index (χ4v) is 7.82. The molecule has 0 spiro atoms. The Labute approximate surface area is 176 Å². The van der Waals surface area contributed by atoms with Crippen molar-refractivity contribution in [2.24, 2.45) is 17.8 Å². The van der Waals surface area contributed by atoms with Gasteiger partial charge in [-0.05, 0) is 91.9 Å². The standard InChI is InChI=1S/C23H27NO2S2/c1-2-5-24-21(26)20(28-22(24)27)10-17-9-18(3-4-19(17)25)23-11-14-6-15(12-23)8-16(7-14)13-23/h3-4,9-10,14-16,25H,2,5-8,11-13H2,1H3. The fourth-order valence-electron chi connectivity index (χ4n) is 6.52. The molecule has 5 aliphatic rings. The number of carbonyl (C=O) groups excluding carboxylic acids is 1. The van der Waals surface area contributed by atoms with Crippen LogP contribution in [0.25, 0.3) is 6.08 Å². The van der Waals surface area contributed by atoms with Crippen molar-refractivity contribution in [3.63, 3.8) is 0 Å². The summed E-state index contributed by atoms with van der Waals surface area (Å²) in [6.45, 7) is 2.70. The van der Waals surface area contributed by atoms with Crippen molar-refractivity contribution in [3.05, 3.63) is 34.2 Å². The summed E-state index contributed by atoms with van der Waals surface area (Å²) in [6, 6.07) is 6.10. The molecule has 4 aliphatic carbocycles. The molecular weight excluding hydrogens is 386 g/mol. The largest absolute Gasteiger partial charge is 0.507 e.